The number of ether oxygens (including phenoxy) is 1. The Bertz CT molecular complexity index is 314. The van der Waals surface area contributed by atoms with Crippen LogP contribution >= 0.6 is 0 Å². The lowest BCUT2D eigenvalue weighted by molar-refractivity contribution is -0.147. The van der Waals surface area contributed by atoms with Gasteiger partial charge in [-0.2, -0.15) is 0 Å². The lowest BCUT2D eigenvalue weighted by atomic mass is 10.3. The normalized spacial score (nSPS) is 15.2. The Kier molecular flexibility index (Phi) is 6.88. The molecule has 0 spiro atoms. The zero-order valence-electron chi connectivity index (χ0n) is 11.3. The van der Waals surface area contributed by atoms with Crippen LogP contribution in [-0.2, 0) is 19.1 Å². The smallest absolute Gasteiger partial charge is 0.312 e. The van der Waals surface area contributed by atoms with Crippen LogP contribution in [-0.4, -0.2) is 74.0 Å². The fourth-order valence-corrected chi connectivity index (χ4v) is 1.77. The first-order valence-corrected chi connectivity index (χ1v) is 6.53. The number of nitrogens with one attached hydrogen (secondary N) is 1. The van der Waals surface area contributed by atoms with Gasteiger partial charge < -0.3 is 19.9 Å². The predicted octanol–water partition coefficient (Wildman–Crippen LogP) is -1.17. The van der Waals surface area contributed by atoms with E-state index >= 15 is 0 Å². The first-order chi connectivity index (χ1) is 9.19. The first kappa shape index (κ1) is 15.4. The quantitative estimate of drug-likeness (QED) is 0.375. The fourth-order valence-electron chi connectivity index (χ4n) is 1.77. The summed E-state index contributed by atoms with van der Waals surface area (Å²) in [6, 6.07) is 0. The summed E-state index contributed by atoms with van der Waals surface area (Å²) >= 11 is 0. The van der Waals surface area contributed by atoms with Gasteiger partial charge in [0.1, 0.15) is 0 Å². The molecular formula is C12H21N3O4. The predicted molar refractivity (Wildman–Crippen MR) is 68.3 cm³/mol. The maximum absolute atomic E-state index is 11.8. The highest BCUT2D eigenvalue weighted by atomic mass is 16.5. The van der Waals surface area contributed by atoms with Crippen molar-refractivity contribution in [3.8, 4) is 0 Å². The van der Waals surface area contributed by atoms with E-state index < -0.39 is 11.8 Å². The van der Waals surface area contributed by atoms with E-state index in [2.05, 4.69) is 5.32 Å². The second-order valence-electron chi connectivity index (χ2n) is 4.24. The summed E-state index contributed by atoms with van der Waals surface area (Å²) in [7, 11) is 0. The van der Waals surface area contributed by atoms with E-state index in [4.69, 9.17) is 4.74 Å². The van der Waals surface area contributed by atoms with E-state index in [9.17, 15) is 14.4 Å². The van der Waals surface area contributed by atoms with Gasteiger partial charge in [0.2, 0.25) is 6.41 Å². The number of hydrogen-bond donors (Lipinski definition) is 1. The third-order valence-corrected chi connectivity index (χ3v) is 2.90. The van der Waals surface area contributed by atoms with Crippen molar-refractivity contribution in [3.05, 3.63) is 0 Å². The minimum Gasteiger partial charge on any atom is -0.382 e. The van der Waals surface area contributed by atoms with E-state index in [1.807, 2.05) is 6.92 Å². The highest BCUT2D eigenvalue weighted by Crippen LogP contribution is 2.00. The number of rotatable bonds is 6. The van der Waals surface area contributed by atoms with E-state index in [0.29, 0.717) is 52.4 Å². The van der Waals surface area contributed by atoms with Gasteiger partial charge in [-0.1, -0.05) is 0 Å². The largest absolute Gasteiger partial charge is 0.382 e. The molecule has 0 aromatic heterocycles. The number of carbonyl (C=O) groups is 3. The van der Waals surface area contributed by atoms with E-state index in [1.54, 1.807) is 4.90 Å². The fraction of sp³-hybridized carbons (Fsp3) is 0.750. The van der Waals surface area contributed by atoms with Crippen LogP contribution in [0.3, 0.4) is 0 Å². The SMILES string of the molecule is CCOCCCNC(=O)C(=O)N1CCN(C=O)CC1. The van der Waals surface area contributed by atoms with Crippen molar-refractivity contribution in [1.29, 1.82) is 0 Å². The molecule has 7 heteroatoms. The van der Waals surface area contributed by atoms with E-state index in [0.717, 1.165) is 6.41 Å². The number of piperazine rings is 1. The molecule has 19 heavy (non-hydrogen) atoms. The highest BCUT2D eigenvalue weighted by molar-refractivity contribution is 6.35. The molecule has 1 heterocycles. The summed E-state index contributed by atoms with van der Waals surface area (Å²) < 4.78 is 5.13. The molecule has 7 nitrogen and oxygen atoms in total. The standard InChI is InChI=1S/C12H21N3O4/c1-2-19-9-3-4-13-11(17)12(18)15-7-5-14(10-16)6-8-15/h10H,2-9H2,1H3,(H,13,17). The van der Waals surface area contributed by atoms with Crippen molar-refractivity contribution < 1.29 is 19.1 Å². The average molecular weight is 271 g/mol. The maximum Gasteiger partial charge on any atom is 0.312 e. The number of hydrogen-bond acceptors (Lipinski definition) is 4. The number of nitrogens with zero attached hydrogens (tertiary/aromatic N) is 2. The third kappa shape index (κ3) is 5.25. The van der Waals surface area contributed by atoms with Crippen LogP contribution in [0.15, 0.2) is 0 Å². The molecule has 0 aromatic carbocycles. The van der Waals surface area contributed by atoms with Crippen molar-refractivity contribution in [3.63, 3.8) is 0 Å². The van der Waals surface area contributed by atoms with Crippen molar-refractivity contribution in [2.24, 2.45) is 0 Å². The Morgan fingerprint density at radius 2 is 1.95 bits per heavy atom. The van der Waals surface area contributed by atoms with Gasteiger partial charge in [-0.25, -0.2) is 0 Å². The average Bonchev–Trinajstić information content (AvgIpc) is 2.46. The molecule has 3 amide bonds. The van der Waals surface area contributed by atoms with Crippen LogP contribution in [0.2, 0.25) is 0 Å². The van der Waals surface area contributed by atoms with Crippen molar-refractivity contribution in [2.75, 3.05) is 45.9 Å². The van der Waals surface area contributed by atoms with Crippen molar-refractivity contribution >= 4 is 18.2 Å². The minimum atomic E-state index is -0.587. The third-order valence-electron chi connectivity index (χ3n) is 2.90. The molecule has 0 atom stereocenters. The summed E-state index contributed by atoms with van der Waals surface area (Å²) in [5, 5.41) is 2.57. The number of carbonyl (C=O) groups excluding carboxylic acids is 3. The molecular weight excluding hydrogens is 250 g/mol. The molecule has 0 saturated carbocycles. The Balaban J connectivity index is 2.21. The van der Waals surface area contributed by atoms with Crippen LogP contribution in [0.5, 0.6) is 0 Å². The molecule has 0 unspecified atom stereocenters. The monoisotopic (exact) mass is 271 g/mol. The molecule has 108 valence electrons. The molecule has 0 aromatic rings. The van der Waals surface area contributed by atoms with Gasteiger partial charge in [0.15, 0.2) is 0 Å². The van der Waals surface area contributed by atoms with E-state index in [-0.39, 0.29) is 0 Å². The molecule has 1 rings (SSSR count). The Labute approximate surface area is 112 Å². The van der Waals surface area contributed by atoms with Gasteiger partial charge in [0.05, 0.1) is 0 Å². The first-order valence-electron chi connectivity index (χ1n) is 6.53. The van der Waals surface area contributed by atoms with Crippen molar-refractivity contribution in [1.82, 2.24) is 15.1 Å². The van der Waals surface area contributed by atoms with Crippen LogP contribution in [0.4, 0.5) is 0 Å². The van der Waals surface area contributed by atoms with Gasteiger partial charge >= 0.3 is 11.8 Å². The van der Waals surface area contributed by atoms with Crippen LogP contribution in [0.25, 0.3) is 0 Å². The number of amides is 3. The zero-order valence-corrected chi connectivity index (χ0v) is 11.3. The lowest BCUT2D eigenvalue weighted by Crippen LogP contribution is -2.52. The molecule has 0 aliphatic carbocycles. The molecule has 0 radical (unpaired) electrons. The van der Waals surface area contributed by atoms with Gasteiger partial charge in [-0.3, -0.25) is 14.4 Å². The van der Waals surface area contributed by atoms with Crippen LogP contribution < -0.4 is 5.32 Å². The Morgan fingerprint density at radius 3 is 2.53 bits per heavy atom. The van der Waals surface area contributed by atoms with Gasteiger partial charge in [0, 0.05) is 45.9 Å². The highest BCUT2D eigenvalue weighted by Gasteiger charge is 2.24. The summed E-state index contributed by atoms with van der Waals surface area (Å²) in [6.07, 6.45) is 1.45. The van der Waals surface area contributed by atoms with Crippen LogP contribution in [0, 0.1) is 0 Å². The van der Waals surface area contributed by atoms with Crippen molar-refractivity contribution in [2.45, 2.75) is 13.3 Å². The Hall–Kier alpha value is -1.63. The second-order valence-corrected chi connectivity index (χ2v) is 4.24. The topological polar surface area (TPSA) is 79.0 Å². The summed E-state index contributed by atoms with van der Waals surface area (Å²) in [5.41, 5.74) is 0. The summed E-state index contributed by atoms with van der Waals surface area (Å²) in [4.78, 5) is 37.0. The molecule has 1 N–H and O–H groups in total. The van der Waals surface area contributed by atoms with E-state index in [1.165, 1.54) is 4.90 Å². The maximum atomic E-state index is 11.8. The summed E-state index contributed by atoms with van der Waals surface area (Å²) in [6.45, 7) is 5.32. The molecule has 0 bridgehead atoms. The van der Waals surface area contributed by atoms with Crippen LogP contribution in [0.1, 0.15) is 13.3 Å². The van der Waals surface area contributed by atoms with Gasteiger partial charge in [-0.05, 0) is 13.3 Å². The van der Waals surface area contributed by atoms with Gasteiger partial charge in [-0.15, -0.1) is 0 Å². The molecule has 1 fully saturated rings. The second kappa shape index (κ2) is 8.47. The molecule has 1 aliphatic heterocycles. The minimum absolute atomic E-state index is 0.407. The van der Waals surface area contributed by atoms with Gasteiger partial charge in [0.25, 0.3) is 0 Å². The lowest BCUT2D eigenvalue weighted by Gasteiger charge is -2.31. The zero-order chi connectivity index (χ0) is 14.1. The molecule has 1 aliphatic rings. The Morgan fingerprint density at radius 1 is 1.26 bits per heavy atom. The summed E-state index contributed by atoms with van der Waals surface area (Å²) in [5.74, 6) is -1.11. The molecule has 1 saturated heterocycles.